The molecule has 1 N–H and O–H groups in total. The largest absolute Gasteiger partial charge is 0.496 e. The van der Waals surface area contributed by atoms with Gasteiger partial charge in [0.1, 0.15) is 18.1 Å². The molecule has 30 heavy (non-hydrogen) atoms. The molecule has 0 spiro atoms. The number of fused-ring (bicyclic) bond motifs is 1. The van der Waals surface area contributed by atoms with E-state index in [1.165, 1.54) is 0 Å². The average molecular weight is 408 g/mol. The van der Waals surface area contributed by atoms with Crippen molar-refractivity contribution in [3.8, 4) is 11.5 Å². The first-order valence-corrected chi connectivity index (χ1v) is 10.6. The van der Waals surface area contributed by atoms with Gasteiger partial charge in [0.15, 0.2) is 0 Å². The quantitative estimate of drug-likeness (QED) is 0.765. The van der Waals surface area contributed by atoms with Crippen LogP contribution in [0.4, 0.5) is 0 Å². The lowest BCUT2D eigenvalue weighted by atomic mass is 10.0. The van der Waals surface area contributed by atoms with Crippen LogP contribution in [-0.2, 0) is 29.1 Å². The van der Waals surface area contributed by atoms with E-state index in [0.717, 1.165) is 41.0 Å². The van der Waals surface area contributed by atoms with Crippen molar-refractivity contribution in [3.63, 3.8) is 0 Å². The molecule has 0 unspecified atom stereocenters. The van der Waals surface area contributed by atoms with Crippen LogP contribution in [0, 0.1) is 5.92 Å². The van der Waals surface area contributed by atoms with Crippen molar-refractivity contribution in [2.24, 2.45) is 5.92 Å². The maximum Gasteiger partial charge on any atom is 0.226 e. The number of aryl methyl sites for hydroxylation is 1. The summed E-state index contributed by atoms with van der Waals surface area (Å²) >= 11 is 0. The van der Waals surface area contributed by atoms with Gasteiger partial charge in [-0.2, -0.15) is 0 Å². The fourth-order valence-electron chi connectivity index (χ4n) is 3.77. The highest BCUT2D eigenvalue weighted by Crippen LogP contribution is 2.33. The number of nitrogens with zero attached hydrogens (tertiary/aromatic N) is 1. The first-order chi connectivity index (χ1) is 14.6. The van der Waals surface area contributed by atoms with Crippen LogP contribution in [0.3, 0.4) is 0 Å². The molecule has 6 heteroatoms. The molecule has 1 fully saturated rings. The summed E-state index contributed by atoms with van der Waals surface area (Å²) in [6.45, 7) is 2.18. The van der Waals surface area contributed by atoms with E-state index in [0.29, 0.717) is 39.1 Å². The predicted octanol–water partition coefficient (Wildman–Crippen LogP) is 3.08. The molecule has 0 radical (unpaired) electrons. The molecule has 1 heterocycles. The average Bonchev–Trinajstić information content (AvgIpc) is 3.62. The summed E-state index contributed by atoms with van der Waals surface area (Å²) in [5.41, 5.74) is 3.05. The lowest BCUT2D eigenvalue weighted by Gasteiger charge is -2.19. The Hall–Kier alpha value is -3.02. The molecule has 0 aromatic heterocycles. The van der Waals surface area contributed by atoms with E-state index < -0.39 is 0 Å². The monoisotopic (exact) mass is 408 g/mol. The number of rotatable bonds is 7. The van der Waals surface area contributed by atoms with Crippen LogP contribution in [0.2, 0.25) is 0 Å². The minimum absolute atomic E-state index is 0.00219. The third kappa shape index (κ3) is 4.93. The normalized spacial score (nSPS) is 15.6. The molecule has 2 aromatic carbocycles. The summed E-state index contributed by atoms with van der Waals surface area (Å²) < 4.78 is 11.2. The Bertz CT molecular complexity index is 923. The lowest BCUT2D eigenvalue weighted by molar-refractivity contribution is -0.133. The predicted molar refractivity (Wildman–Crippen MR) is 113 cm³/mol. The van der Waals surface area contributed by atoms with E-state index in [1.54, 1.807) is 7.11 Å². The zero-order valence-corrected chi connectivity index (χ0v) is 17.4. The molecule has 4 rings (SSSR count). The Morgan fingerprint density at radius 2 is 2.03 bits per heavy atom. The van der Waals surface area contributed by atoms with Crippen LogP contribution in [0.5, 0.6) is 11.5 Å². The van der Waals surface area contributed by atoms with Crippen molar-refractivity contribution in [3.05, 3.63) is 59.2 Å². The number of hydrogen-bond donors (Lipinski definition) is 1. The third-order valence-electron chi connectivity index (χ3n) is 5.65. The molecule has 2 aliphatic rings. The number of benzene rings is 2. The summed E-state index contributed by atoms with van der Waals surface area (Å²) in [6.07, 6.45) is 3.06. The van der Waals surface area contributed by atoms with Gasteiger partial charge in [-0.05, 0) is 37.0 Å². The van der Waals surface area contributed by atoms with Gasteiger partial charge in [-0.15, -0.1) is 0 Å². The Kier molecular flexibility index (Phi) is 6.21. The van der Waals surface area contributed by atoms with Gasteiger partial charge in [-0.25, -0.2) is 0 Å². The zero-order valence-electron chi connectivity index (χ0n) is 17.4. The molecule has 0 atom stereocenters. The van der Waals surface area contributed by atoms with Crippen LogP contribution < -0.4 is 14.8 Å². The second kappa shape index (κ2) is 9.20. The summed E-state index contributed by atoms with van der Waals surface area (Å²) in [7, 11) is 1.63. The topological polar surface area (TPSA) is 67.9 Å². The van der Waals surface area contributed by atoms with Gasteiger partial charge in [0.25, 0.3) is 0 Å². The Morgan fingerprint density at radius 1 is 1.20 bits per heavy atom. The highest BCUT2D eigenvalue weighted by molar-refractivity contribution is 5.81. The van der Waals surface area contributed by atoms with Crippen molar-refractivity contribution in [2.45, 2.75) is 38.8 Å². The van der Waals surface area contributed by atoms with Crippen molar-refractivity contribution in [1.82, 2.24) is 10.2 Å². The van der Waals surface area contributed by atoms with E-state index in [1.807, 2.05) is 41.3 Å². The molecular weight excluding hydrogens is 380 g/mol. The molecule has 6 nitrogen and oxygen atoms in total. The molecule has 0 bridgehead atoms. The van der Waals surface area contributed by atoms with Crippen molar-refractivity contribution in [2.75, 3.05) is 20.3 Å². The van der Waals surface area contributed by atoms with E-state index in [-0.39, 0.29) is 17.7 Å². The van der Waals surface area contributed by atoms with Crippen molar-refractivity contribution in [1.29, 1.82) is 0 Å². The third-order valence-corrected chi connectivity index (χ3v) is 5.65. The molecule has 1 aliphatic carbocycles. The van der Waals surface area contributed by atoms with Crippen LogP contribution >= 0.6 is 0 Å². The van der Waals surface area contributed by atoms with E-state index in [2.05, 4.69) is 11.4 Å². The molecule has 2 aromatic rings. The number of hydrogen-bond acceptors (Lipinski definition) is 4. The number of carbonyl (C=O) groups is 2. The fourth-order valence-corrected chi connectivity index (χ4v) is 3.77. The van der Waals surface area contributed by atoms with Crippen molar-refractivity contribution >= 4 is 11.8 Å². The number of ether oxygens (including phenoxy) is 2. The molecular formula is C24H28N2O4. The van der Waals surface area contributed by atoms with Gasteiger partial charge in [0, 0.05) is 36.6 Å². The molecule has 0 saturated heterocycles. The summed E-state index contributed by atoms with van der Waals surface area (Å²) in [6, 6.07) is 13.7. The Balaban J connectivity index is 1.33. The van der Waals surface area contributed by atoms with Gasteiger partial charge < -0.3 is 19.7 Å². The molecule has 1 aliphatic heterocycles. The number of amides is 2. The number of nitrogens with one attached hydrogen (secondary N) is 1. The zero-order chi connectivity index (χ0) is 20.9. The molecule has 158 valence electrons. The standard InChI is InChI=1S/C24H28N2O4/c1-29-21-5-3-2-4-19(21)15-25-23(27)11-7-17-6-10-22-20(14-17)16-26(12-13-30-22)24(28)18-8-9-18/h2-6,10,14,18H,7-9,11-13,15-16H2,1H3,(H,25,27). The smallest absolute Gasteiger partial charge is 0.226 e. The van der Waals surface area contributed by atoms with Crippen LogP contribution in [0.15, 0.2) is 42.5 Å². The van der Waals surface area contributed by atoms with E-state index in [4.69, 9.17) is 9.47 Å². The van der Waals surface area contributed by atoms with Crippen molar-refractivity contribution < 1.29 is 19.1 Å². The minimum atomic E-state index is -0.00219. The van der Waals surface area contributed by atoms with Gasteiger partial charge in [0.05, 0.1) is 13.7 Å². The second-order valence-electron chi connectivity index (χ2n) is 7.91. The first-order valence-electron chi connectivity index (χ1n) is 10.6. The summed E-state index contributed by atoms with van der Waals surface area (Å²) in [4.78, 5) is 26.7. The second-order valence-corrected chi connectivity index (χ2v) is 7.91. The van der Waals surface area contributed by atoms with E-state index in [9.17, 15) is 9.59 Å². The number of methoxy groups -OCH3 is 1. The van der Waals surface area contributed by atoms with Crippen LogP contribution in [0.25, 0.3) is 0 Å². The van der Waals surface area contributed by atoms with Gasteiger partial charge >= 0.3 is 0 Å². The van der Waals surface area contributed by atoms with Crippen LogP contribution in [-0.4, -0.2) is 37.0 Å². The Labute approximate surface area is 177 Å². The highest BCUT2D eigenvalue weighted by atomic mass is 16.5. The van der Waals surface area contributed by atoms with E-state index >= 15 is 0 Å². The molecule has 1 saturated carbocycles. The molecule has 2 amide bonds. The first kappa shape index (κ1) is 20.3. The Morgan fingerprint density at radius 3 is 2.83 bits per heavy atom. The lowest BCUT2D eigenvalue weighted by Crippen LogP contribution is -2.33. The highest BCUT2D eigenvalue weighted by Gasteiger charge is 2.34. The van der Waals surface area contributed by atoms with Gasteiger partial charge in [0.2, 0.25) is 11.8 Å². The SMILES string of the molecule is COc1ccccc1CNC(=O)CCc1ccc2c(c1)CN(C(=O)C1CC1)CCO2. The van der Waals surface area contributed by atoms with Gasteiger partial charge in [-0.3, -0.25) is 9.59 Å². The maximum atomic E-state index is 12.5. The fraction of sp³-hybridized carbons (Fsp3) is 0.417. The van der Waals surface area contributed by atoms with Gasteiger partial charge in [-0.1, -0.05) is 30.3 Å². The number of para-hydroxylation sites is 1. The van der Waals surface area contributed by atoms with Crippen LogP contribution in [0.1, 0.15) is 36.0 Å². The summed E-state index contributed by atoms with van der Waals surface area (Å²) in [5.74, 6) is 2.06. The maximum absolute atomic E-state index is 12.5. The number of carbonyl (C=O) groups excluding carboxylic acids is 2. The minimum Gasteiger partial charge on any atom is -0.496 e. The summed E-state index contributed by atoms with van der Waals surface area (Å²) in [5, 5.41) is 2.96.